The van der Waals surface area contributed by atoms with Gasteiger partial charge in [-0.3, -0.25) is 14.9 Å². The Kier molecular flexibility index (Phi) is 4.59. The summed E-state index contributed by atoms with van der Waals surface area (Å²) in [6.07, 6.45) is 1.21. The highest BCUT2D eigenvalue weighted by molar-refractivity contribution is 5.96. The van der Waals surface area contributed by atoms with Crippen LogP contribution in [0.1, 0.15) is 28.8 Å². The lowest BCUT2D eigenvalue weighted by atomic mass is 9.88. The lowest BCUT2D eigenvalue weighted by Gasteiger charge is -2.33. The van der Waals surface area contributed by atoms with Crippen molar-refractivity contribution in [2.75, 3.05) is 13.7 Å². The monoisotopic (exact) mass is 351 g/mol. The third kappa shape index (κ3) is 2.75. The van der Waals surface area contributed by atoms with E-state index in [0.29, 0.717) is 19.4 Å². The van der Waals surface area contributed by atoms with E-state index in [4.69, 9.17) is 4.74 Å². The normalized spacial score (nSPS) is 19.0. The molecule has 1 heterocycles. The zero-order valence-electron chi connectivity index (χ0n) is 14.2. The van der Waals surface area contributed by atoms with E-state index >= 15 is 0 Å². The molecule has 1 aliphatic rings. The predicted octanol–water partition coefficient (Wildman–Crippen LogP) is 3.26. The van der Waals surface area contributed by atoms with Gasteiger partial charge in [0.05, 0.1) is 18.1 Å². The van der Waals surface area contributed by atoms with Crippen molar-refractivity contribution in [3.8, 4) is 11.8 Å². The molecule has 132 valence electrons. The molecule has 1 fully saturated rings. The topological polar surface area (TPSA) is 96.5 Å². The summed E-state index contributed by atoms with van der Waals surface area (Å²) in [7, 11) is 1.33. The molecule has 0 aromatic heterocycles. The predicted molar refractivity (Wildman–Crippen MR) is 93.7 cm³/mol. The van der Waals surface area contributed by atoms with Crippen LogP contribution in [-0.2, 0) is 5.54 Å². The van der Waals surface area contributed by atoms with Crippen molar-refractivity contribution in [2.45, 2.75) is 18.4 Å². The lowest BCUT2D eigenvalue weighted by Crippen LogP contribution is -2.44. The number of ether oxygens (including phenoxy) is 1. The second-order valence-electron chi connectivity index (χ2n) is 6.04. The number of likely N-dealkylation sites (tertiary alicyclic amines) is 1. The number of carbonyl (C=O) groups excluding carboxylic acids is 1. The molecule has 7 nitrogen and oxygen atoms in total. The van der Waals surface area contributed by atoms with Gasteiger partial charge in [0.2, 0.25) is 0 Å². The third-order valence-electron chi connectivity index (χ3n) is 4.69. The Morgan fingerprint density at radius 2 is 2.04 bits per heavy atom. The highest BCUT2D eigenvalue weighted by Gasteiger charge is 2.46. The average Bonchev–Trinajstić information content (AvgIpc) is 3.12. The quantitative estimate of drug-likeness (QED) is 0.622. The van der Waals surface area contributed by atoms with Gasteiger partial charge in [0.15, 0.2) is 11.3 Å². The molecule has 26 heavy (non-hydrogen) atoms. The summed E-state index contributed by atoms with van der Waals surface area (Å²) >= 11 is 0. The number of rotatable bonds is 4. The van der Waals surface area contributed by atoms with E-state index in [-0.39, 0.29) is 17.0 Å². The number of hydrogen-bond donors (Lipinski definition) is 0. The van der Waals surface area contributed by atoms with Gasteiger partial charge < -0.3 is 9.64 Å². The smallest absolute Gasteiger partial charge is 0.311 e. The summed E-state index contributed by atoms with van der Waals surface area (Å²) in [4.78, 5) is 25.2. The number of nitro groups is 1. The summed E-state index contributed by atoms with van der Waals surface area (Å²) < 4.78 is 4.98. The lowest BCUT2D eigenvalue weighted by molar-refractivity contribution is -0.385. The van der Waals surface area contributed by atoms with Crippen LogP contribution in [0.15, 0.2) is 48.5 Å². The van der Waals surface area contributed by atoms with Crippen LogP contribution in [0.3, 0.4) is 0 Å². The fraction of sp³-hybridized carbons (Fsp3) is 0.263. The molecule has 7 heteroatoms. The first-order valence-corrected chi connectivity index (χ1v) is 8.14. The molecule has 2 aromatic carbocycles. The Labute approximate surface area is 150 Å². The van der Waals surface area contributed by atoms with Crippen molar-refractivity contribution < 1.29 is 14.5 Å². The van der Waals surface area contributed by atoms with Crippen LogP contribution in [-0.4, -0.2) is 29.4 Å². The Bertz CT molecular complexity index is 891. The van der Waals surface area contributed by atoms with Crippen LogP contribution in [0.4, 0.5) is 5.69 Å². The van der Waals surface area contributed by atoms with Crippen molar-refractivity contribution in [3.05, 3.63) is 69.8 Å². The summed E-state index contributed by atoms with van der Waals surface area (Å²) in [6, 6.07) is 15.5. The molecule has 1 saturated heterocycles. The van der Waals surface area contributed by atoms with Crippen molar-refractivity contribution in [2.24, 2.45) is 0 Å². The highest BCUT2D eigenvalue weighted by atomic mass is 16.6. The van der Waals surface area contributed by atoms with Crippen LogP contribution in [0.25, 0.3) is 0 Å². The third-order valence-corrected chi connectivity index (χ3v) is 4.69. The van der Waals surface area contributed by atoms with Gasteiger partial charge in [0.25, 0.3) is 5.91 Å². The van der Waals surface area contributed by atoms with Gasteiger partial charge in [-0.25, -0.2) is 0 Å². The van der Waals surface area contributed by atoms with Crippen LogP contribution in [0, 0.1) is 21.4 Å². The average molecular weight is 351 g/mol. The maximum absolute atomic E-state index is 13.1. The number of benzene rings is 2. The van der Waals surface area contributed by atoms with Crippen molar-refractivity contribution in [1.82, 2.24) is 4.90 Å². The molecule has 1 amide bonds. The molecule has 1 atom stereocenters. The maximum Gasteiger partial charge on any atom is 0.311 e. The van der Waals surface area contributed by atoms with Gasteiger partial charge in [-0.15, -0.1) is 0 Å². The molecule has 0 saturated carbocycles. The molecule has 0 bridgehead atoms. The van der Waals surface area contributed by atoms with Crippen LogP contribution in [0.5, 0.6) is 5.75 Å². The Morgan fingerprint density at radius 3 is 2.65 bits per heavy atom. The minimum Gasteiger partial charge on any atom is -0.490 e. The minimum atomic E-state index is -1.06. The van der Waals surface area contributed by atoms with Crippen molar-refractivity contribution >= 4 is 11.6 Å². The van der Waals surface area contributed by atoms with Gasteiger partial charge in [-0.05, 0) is 30.5 Å². The maximum atomic E-state index is 13.1. The van der Waals surface area contributed by atoms with E-state index in [0.717, 1.165) is 5.56 Å². The zero-order valence-corrected chi connectivity index (χ0v) is 14.2. The standard InChI is InChI=1S/C19H17N3O4/c1-26-17-9-8-14(12-16(17)22(24)25)18(23)21-11-5-10-19(21,13-20)15-6-3-2-4-7-15/h2-4,6-9,12H,5,10-11H2,1H3. The molecule has 3 rings (SSSR count). The first-order chi connectivity index (χ1) is 12.5. The molecular formula is C19H17N3O4. The van der Waals surface area contributed by atoms with E-state index in [1.165, 1.54) is 30.2 Å². The fourth-order valence-corrected chi connectivity index (χ4v) is 3.41. The van der Waals surface area contributed by atoms with Gasteiger partial charge >= 0.3 is 5.69 Å². The van der Waals surface area contributed by atoms with Gasteiger partial charge in [0.1, 0.15) is 0 Å². The number of hydrogen-bond acceptors (Lipinski definition) is 5. The molecule has 1 unspecified atom stereocenters. The van der Waals surface area contributed by atoms with Crippen molar-refractivity contribution in [1.29, 1.82) is 5.26 Å². The molecule has 0 N–H and O–H groups in total. The van der Waals surface area contributed by atoms with E-state index in [9.17, 15) is 20.2 Å². The van der Waals surface area contributed by atoms with E-state index in [1.807, 2.05) is 30.3 Å². The SMILES string of the molecule is COc1ccc(C(=O)N2CCCC2(C#N)c2ccccc2)cc1[N+](=O)[O-]. The number of nitrogens with zero attached hydrogens (tertiary/aromatic N) is 3. The molecule has 0 spiro atoms. The summed E-state index contributed by atoms with van der Waals surface area (Å²) in [5, 5.41) is 21.1. The van der Waals surface area contributed by atoms with Gasteiger partial charge in [0, 0.05) is 18.2 Å². The second-order valence-corrected chi connectivity index (χ2v) is 6.04. The molecule has 2 aromatic rings. The van der Waals surface area contributed by atoms with E-state index < -0.39 is 16.4 Å². The van der Waals surface area contributed by atoms with Crippen LogP contribution >= 0.6 is 0 Å². The summed E-state index contributed by atoms with van der Waals surface area (Å²) in [6.45, 7) is 0.418. The first kappa shape index (κ1) is 17.4. The van der Waals surface area contributed by atoms with Crippen LogP contribution < -0.4 is 4.74 Å². The molecule has 1 aliphatic heterocycles. The number of amides is 1. The second kappa shape index (κ2) is 6.84. The van der Waals surface area contributed by atoms with Gasteiger partial charge in [-0.1, -0.05) is 30.3 Å². The number of methoxy groups -OCH3 is 1. The Morgan fingerprint density at radius 1 is 1.31 bits per heavy atom. The number of nitriles is 1. The first-order valence-electron chi connectivity index (χ1n) is 8.14. The van der Waals surface area contributed by atoms with E-state index in [2.05, 4.69) is 6.07 Å². The highest BCUT2D eigenvalue weighted by Crippen LogP contribution is 2.40. The molecule has 0 radical (unpaired) electrons. The van der Waals surface area contributed by atoms with E-state index in [1.54, 1.807) is 0 Å². The fourth-order valence-electron chi connectivity index (χ4n) is 3.41. The number of carbonyl (C=O) groups is 1. The van der Waals surface area contributed by atoms with Crippen LogP contribution in [0.2, 0.25) is 0 Å². The Balaban J connectivity index is 2.03. The van der Waals surface area contributed by atoms with Gasteiger partial charge in [-0.2, -0.15) is 5.26 Å². The molecule has 0 aliphatic carbocycles. The largest absolute Gasteiger partial charge is 0.490 e. The zero-order chi connectivity index (χ0) is 18.7. The Hall–Kier alpha value is -3.40. The summed E-state index contributed by atoms with van der Waals surface area (Å²) in [5.41, 5.74) is -0.432. The molecular weight excluding hydrogens is 334 g/mol. The summed E-state index contributed by atoms with van der Waals surface area (Å²) in [5.74, 6) is -0.318. The number of nitro benzene ring substituents is 1. The van der Waals surface area contributed by atoms with Crippen molar-refractivity contribution in [3.63, 3.8) is 0 Å². The minimum absolute atomic E-state index is 0.0857.